The zero-order chi connectivity index (χ0) is 9.26. The van der Waals surface area contributed by atoms with E-state index in [-0.39, 0.29) is 11.8 Å². The molecular weight excluding hydrogens is 162 g/mol. The van der Waals surface area contributed by atoms with Gasteiger partial charge in [0.2, 0.25) is 5.91 Å². The van der Waals surface area contributed by atoms with E-state index < -0.39 is 0 Å². The molecule has 72 valence electrons. The Balaban J connectivity index is 1.72. The number of allylic oxidation sites excluding steroid dienone is 2. The van der Waals surface area contributed by atoms with Crippen molar-refractivity contribution in [3.63, 3.8) is 0 Å². The third kappa shape index (κ3) is 1.93. The van der Waals surface area contributed by atoms with Gasteiger partial charge in [-0.25, -0.2) is 0 Å². The largest absolute Gasteiger partial charge is 0.353 e. The van der Waals surface area contributed by atoms with Crippen molar-refractivity contribution < 1.29 is 4.79 Å². The Hall–Kier alpha value is -0.790. The standard InChI is InChI=1S/C11H17NO/c1-8-6-10(7-8)12-11(13)9-4-2-3-5-9/h2-3,8-10H,4-7H2,1H3,(H,12,13). The Morgan fingerprint density at radius 1 is 1.31 bits per heavy atom. The van der Waals surface area contributed by atoms with Crippen LogP contribution in [0.1, 0.15) is 32.6 Å². The monoisotopic (exact) mass is 179 g/mol. The molecule has 1 fully saturated rings. The lowest BCUT2D eigenvalue weighted by molar-refractivity contribution is -0.126. The number of amides is 1. The van der Waals surface area contributed by atoms with Gasteiger partial charge in [-0.15, -0.1) is 0 Å². The van der Waals surface area contributed by atoms with E-state index in [0.717, 1.165) is 18.8 Å². The topological polar surface area (TPSA) is 29.1 Å². The van der Waals surface area contributed by atoms with Gasteiger partial charge in [-0.2, -0.15) is 0 Å². The highest BCUT2D eigenvalue weighted by atomic mass is 16.1. The fourth-order valence-electron chi connectivity index (χ4n) is 2.17. The molecule has 1 saturated carbocycles. The van der Waals surface area contributed by atoms with Crippen LogP contribution in [0.4, 0.5) is 0 Å². The molecule has 1 N–H and O–H groups in total. The molecule has 0 spiro atoms. The molecular formula is C11H17NO. The number of nitrogens with one attached hydrogen (secondary N) is 1. The van der Waals surface area contributed by atoms with Gasteiger partial charge in [0.15, 0.2) is 0 Å². The summed E-state index contributed by atoms with van der Waals surface area (Å²) in [6.45, 7) is 2.24. The zero-order valence-corrected chi connectivity index (χ0v) is 8.12. The van der Waals surface area contributed by atoms with Crippen LogP contribution in [-0.2, 0) is 4.79 Å². The molecule has 0 heterocycles. The fraction of sp³-hybridized carbons (Fsp3) is 0.727. The van der Waals surface area contributed by atoms with E-state index in [1.54, 1.807) is 0 Å². The second-order valence-electron chi connectivity index (χ2n) is 4.42. The van der Waals surface area contributed by atoms with E-state index in [4.69, 9.17) is 0 Å². The first-order valence-electron chi connectivity index (χ1n) is 5.21. The molecule has 0 atom stereocenters. The maximum Gasteiger partial charge on any atom is 0.223 e. The molecule has 0 aromatic rings. The minimum absolute atomic E-state index is 0.232. The van der Waals surface area contributed by atoms with E-state index in [1.807, 2.05) is 0 Å². The number of carbonyl (C=O) groups excluding carboxylic acids is 1. The third-order valence-electron chi connectivity index (χ3n) is 3.10. The Bertz CT molecular complexity index is 220. The minimum atomic E-state index is 0.232. The third-order valence-corrected chi connectivity index (χ3v) is 3.10. The van der Waals surface area contributed by atoms with Gasteiger partial charge in [-0.05, 0) is 31.6 Å². The van der Waals surface area contributed by atoms with Crippen LogP contribution in [0.2, 0.25) is 0 Å². The van der Waals surface area contributed by atoms with Crippen molar-refractivity contribution in [2.45, 2.75) is 38.6 Å². The molecule has 0 unspecified atom stereocenters. The van der Waals surface area contributed by atoms with E-state index in [0.29, 0.717) is 6.04 Å². The molecule has 0 radical (unpaired) electrons. The van der Waals surface area contributed by atoms with Gasteiger partial charge in [0.25, 0.3) is 0 Å². The molecule has 0 saturated heterocycles. The molecule has 0 bridgehead atoms. The van der Waals surface area contributed by atoms with Crippen molar-refractivity contribution in [3.8, 4) is 0 Å². The maximum absolute atomic E-state index is 11.6. The van der Waals surface area contributed by atoms with Gasteiger partial charge >= 0.3 is 0 Å². The van der Waals surface area contributed by atoms with Gasteiger partial charge in [0.05, 0.1) is 0 Å². The quantitative estimate of drug-likeness (QED) is 0.644. The SMILES string of the molecule is CC1CC(NC(=O)C2CC=CC2)C1. The highest BCUT2D eigenvalue weighted by molar-refractivity contribution is 5.79. The lowest BCUT2D eigenvalue weighted by Crippen LogP contribution is -2.45. The Morgan fingerprint density at radius 3 is 2.46 bits per heavy atom. The first-order valence-corrected chi connectivity index (χ1v) is 5.21. The van der Waals surface area contributed by atoms with Crippen LogP contribution < -0.4 is 5.32 Å². The zero-order valence-electron chi connectivity index (χ0n) is 8.12. The van der Waals surface area contributed by atoms with Crippen molar-refractivity contribution in [3.05, 3.63) is 12.2 Å². The highest BCUT2D eigenvalue weighted by Crippen LogP contribution is 2.27. The van der Waals surface area contributed by atoms with E-state index in [2.05, 4.69) is 24.4 Å². The molecule has 0 aromatic heterocycles. The number of rotatable bonds is 2. The number of carbonyl (C=O) groups is 1. The normalized spacial score (nSPS) is 33.0. The smallest absolute Gasteiger partial charge is 0.223 e. The summed E-state index contributed by atoms with van der Waals surface area (Å²) in [4.78, 5) is 11.6. The highest BCUT2D eigenvalue weighted by Gasteiger charge is 2.29. The first kappa shape index (κ1) is 8.79. The van der Waals surface area contributed by atoms with E-state index >= 15 is 0 Å². The molecule has 2 rings (SSSR count). The molecule has 1 amide bonds. The molecule has 13 heavy (non-hydrogen) atoms. The molecule has 2 aliphatic carbocycles. The van der Waals surface area contributed by atoms with E-state index in [9.17, 15) is 4.79 Å². The van der Waals surface area contributed by atoms with Crippen LogP contribution in [0.15, 0.2) is 12.2 Å². The first-order chi connectivity index (χ1) is 6.25. The molecule has 0 aliphatic heterocycles. The Kier molecular flexibility index (Phi) is 2.38. The van der Waals surface area contributed by atoms with Crippen molar-refractivity contribution in [1.82, 2.24) is 5.32 Å². The second-order valence-corrected chi connectivity index (χ2v) is 4.42. The summed E-state index contributed by atoms with van der Waals surface area (Å²) in [5, 5.41) is 3.11. The van der Waals surface area contributed by atoms with E-state index in [1.165, 1.54) is 12.8 Å². The van der Waals surface area contributed by atoms with Crippen LogP contribution in [0.3, 0.4) is 0 Å². The second kappa shape index (κ2) is 3.52. The molecule has 2 nitrogen and oxygen atoms in total. The average molecular weight is 179 g/mol. The fourth-order valence-corrected chi connectivity index (χ4v) is 2.17. The van der Waals surface area contributed by atoms with Gasteiger partial charge in [-0.1, -0.05) is 19.1 Å². The van der Waals surface area contributed by atoms with Crippen molar-refractivity contribution in [2.75, 3.05) is 0 Å². The van der Waals surface area contributed by atoms with Gasteiger partial charge in [-0.3, -0.25) is 4.79 Å². The van der Waals surface area contributed by atoms with Crippen molar-refractivity contribution >= 4 is 5.91 Å². The summed E-state index contributed by atoms with van der Waals surface area (Å²) in [6.07, 6.45) is 8.43. The average Bonchev–Trinajstić information content (AvgIpc) is 2.53. The molecule has 0 aromatic carbocycles. The van der Waals surface area contributed by atoms with Crippen LogP contribution in [0.25, 0.3) is 0 Å². The summed E-state index contributed by atoms with van der Waals surface area (Å²) in [5.41, 5.74) is 0. The molecule has 2 aliphatic rings. The Labute approximate surface area is 79.4 Å². The van der Waals surface area contributed by atoms with Crippen LogP contribution in [0, 0.1) is 11.8 Å². The van der Waals surface area contributed by atoms with Gasteiger partial charge < -0.3 is 5.32 Å². The van der Waals surface area contributed by atoms with Crippen LogP contribution >= 0.6 is 0 Å². The molecule has 2 heteroatoms. The lowest BCUT2D eigenvalue weighted by Gasteiger charge is -2.34. The Morgan fingerprint density at radius 2 is 1.92 bits per heavy atom. The number of hydrogen-bond donors (Lipinski definition) is 1. The van der Waals surface area contributed by atoms with Gasteiger partial charge in [0, 0.05) is 12.0 Å². The van der Waals surface area contributed by atoms with Gasteiger partial charge in [0.1, 0.15) is 0 Å². The number of hydrogen-bond acceptors (Lipinski definition) is 1. The minimum Gasteiger partial charge on any atom is -0.353 e. The summed E-state index contributed by atoms with van der Waals surface area (Å²) >= 11 is 0. The van der Waals surface area contributed by atoms with Crippen molar-refractivity contribution in [1.29, 1.82) is 0 Å². The predicted octanol–water partition coefficient (Wildman–Crippen LogP) is 1.87. The predicted molar refractivity (Wildman–Crippen MR) is 52.2 cm³/mol. The lowest BCUT2D eigenvalue weighted by atomic mass is 9.81. The van der Waals surface area contributed by atoms with Crippen LogP contribution in [0.5, 0.6) is 0 Å². The summed E-state index contributed by atoms with van der Waals surface area (Å²) in [7, 11) is 0. The maximum atomic E-state index is 11.6. The summed E-state index contributed by atoms with van der Waals surface area (Å²) in [5.74, 6) is 1.31. The van der Waals surface area contributed by atoms with Crippen molar-refractivity contribution in [2.24, 2.45) is 11.8 Å². The summed E-state index contributed by atoms with van der Waals surface area (Å²) in [6, 6.07) is 0.475. The summed E-state index contributed by atoms with van der Waals surface area (Å²) < 4.78 is 0. The van der Waals surface area contributed by atoms with Crippen LogP contribution in [-0.4, -0.2) is 11.9 Å².